The molecule has 0 radical (unpaired) electrons. The SMILES string of the molecule is C/C=C/C[C@@H]1C(=O)N[C@@H](CO)[C@H](O)[C@H]1/C=C/CCCCCCCCCCC. The molecule has 0 aliphatic carbocycles. The number of aliphatic hydroxyl groups is 2. The highest BCUT2D eigenvalue weighted by atomic mass is 16.3. The average Bonchev–Trinajstić information content (AvgIpc) is 2.67. The Hall–Kier alpha value is -1.13. The van der Waals surface area contributed by atoms with Crippen molar-refractivity contribution in [3.8, 4) is 0 Å². The van der Waals surface area contributed by atoms with Crippen molar-refractivity contribution in [2.24, 2.45) is 11.8 Å². The van der Waals surface area contributed by atoms with Crippen molar-refractivity contribution >= 4 is 5.91 Å². The summed E-state index contributed by atoms with van der Waals surface area (Å²) < 4.78 is 0. The molecule has 0 unspecified atom stereocenters. The van der Waals surface area contributed by atoms with Crippen LogP contribution in [-0.4, -0.2) is 34.9 Å². The summed E-state index contributed by atoms with van der Waals surface area (Å²) in [6, 6.07) is -0.568. The van der Waals surface area contributed by atoms with Crippen molar-refractivity contribution in [3.05, 3.63) is 24.3 Å². The molecule has 0 spiro atoms. The van der Waals surface area contributed by atoms with E-state index in [0.29, 0.717) is 6.42 Å². The number of amides is 1. The first-order valence-electron chi connectivity index (χ1n) is 11.0. The van der Waals surface area contributed by atoms with Crippen LogP contribution >= 0.6 is 0 Å². The molecule has 27 heavy (non-hydrogen) atoms. The fourth-order valence-electron chi connectivity index (χ4n) is 3.83. The summed E-state index contributed by atoms with van der Waals surface area (Å²) in [5.41, 5.74) is 0. The Labute approximate surface area is 166 Å². The molecule has 4 atom stereocenters. The molecular formula is C23H41NO3. The van der Waals surface area contributed by atoms with Crippen LogP contribution in [0.15, 0.2) is 24.3 Å². The van der Waals surface area contributed by atoms with Crippen molar-refractivity contribution in [3.63, 3.8) is 0 Å². The quantitative estimate of drug-likeness (QED) is 0.307. The molecule has 0 bridgehead atoms. The maximum absolute atomic E-state index is 12.3. The molecule has 3 N–H and O–H groups in total. The van der Waals surface area contributed by atoms with Gasteiger partial charge in [-0.25, -0.2) is 0 Å². The number of unbranched alkanes of at least 4 members (excludes halogenated alkanes) is 9. The molecule has 1 aliphatic heterocycles. The molecule has 156 valence electrons. The Morgan fingerprint density at radius 1 is 1.00 bits per heavy atom. The van der Waals surface area contributed by atoms with E-state index < -0.39 is 12.1 Å². The number of allylic oxidation sites excluding steroid dienone is 3. The third kappa shape index (κ3) is 9.07. The summed E-state index contributed by atoms with van der Waals surface area (Å²) in [6.45, 7) is 3.95. The Morgan fingerprint density at radius 3 is 2.22 bits per heavy atom. The lowest BCUT2D eigenvalue weighted by Gasteiger charge is -2.38. The smallest absolute Gasteiger partial charge is 0.224 e. The summed E-state index contributed by atoms with van der Waals surface area (Å²) in [5.74, 6) is -0.570. The van der Waals surface area contributed by atoms with E-state index in [9.17, 15) is 15.0 Å². The maximum Gasteiger partial charge on any atom is 0.224 e. The molecule has 0 aromatic carbocycles. The van der Waals surface area contributed by atoms with Gasteiger partial charge in [0, 0.05) is 5.92 Å². The molecule has 1 amide bonds. The highest BCUT2D eigenvalue weighted by Gasteiger charge is 2.40. The normalized spacial score (nSPS) is 26.1. The molecule has 1 rings (SSSR count). The van der Waals surface area contributed by atoms with E-state index in [4.69, 9.17) is 0 Å². The minimum atomic E-state index is -0.734. The van der Waals surface area contributed by atoms with Gasteiger partial charge in [0.25, 0.3) is 0 Å². The van der Waals surface area contributed by atoms with E-state index >= 15 is 0 Å². The summed E-state index contributed by atoms with van der Waals surface area (Å²) in [6.07, 6.45) is 20.7. The molecule has 1 saturated heterocycles. The fraction of sp³-hybridized carbons (Fsp3) is 0.783. The molecule has 0 aromatic rings. The second-order valence-corrected chi connectivity index (χ2v) is 7.82. The average molecular weight is 380 g/mol. The van der Waals surface area contributed by atoms with Crippen molar-refractivity contribution in [2.75, 3.05) is 6.61 Å². The number of carbonyl (C=O) groups is 1. The zero-order valence-corrected chi connectivity index (χ0v) is 17.4. The first-order chi connectivity index (χ1) is 13.2. The zero-order chi connectivity index (χ0) is 19.9. The standard InChI is InChI=1S/C23H41NO3/c1-3-5-7-8-9-10-11-12-13-14-15-17-19-20(16-6-4-2)23(27)24-21(18-25)22(19)26/h4,6,15,17,19-22,25-26H,3,5,7-14,16,18H2,1-2H3,(H,24,27)/b6-4+,17-15+/t19-,20-,21-,22+/m0/s1. The van der Waals surface area contributed by atoms with E-state index in [1.807, 2.05) is 25.2 Å². The topological polar surface area (TPSA) is 69.6 Å². The zero-order valence-electron chi connectivity index (χ0n) is 17.4. The molecule has 1 heterocycles. The lowest BCUT2D eigenvalue weighted by atomic mass is 9.78. The van der Waals surface area contributed by atoms with Gasteiger partial charge in [0.05, 0.1) is 24.7 Å². The Kier molecular flexibility index (Phi) is 13.2. The largest absolute Gasteiger partial charge is 0.394 e. The van der Waals surface area contributed by atoms with Gasteiger partial charge in [0.15, 0.2) is 0 Å². The van der Waals surface area contributed by atoms with Crippen molar-refractivity contribution in [1.29, 1.82) is 0 Å². The summed E-state index contributed by atoms with van der Waals surface area (Å²) in [5, 5.41) is 22.7. The van der Waals surface area contributed by atoms with Crippen LogP contribution in [0.3, 0.4) is 0 Å². The monoisotopic (exact) mass is 379 g/mol. The van der Waals surface area contributed by atoms with Crippen LogP contribution in [0.25, 0.3) is 0 Å². The number of piperidine rings is 1. The minimum absolute atomic E-state index is 0.0739. The van der Waals surface area contributed by atoms with Crippen molar-refractivity contribution in [2.45, 2.75) is 96.6 Å². The Balaban J connectivity index is 2.35. The number of hydrogen-bond acceptors (Lipinski definition) is 3. The fourth-order valence-corrected chi connectivity index (χ4v) is 3.83. The highest BCUT2D eigenvalue weighted by Crippen LogP contribution is 2.28. The third-order valence-corrected chi connectivity index (χ3v) is 5.59. The summed E-state index contributed by atoms with van der Waals surface area (Å²) in [7, 11) is 0. The predicted octanol–water partition coefficient (Wildman–Crippen LogP) is 4.51. The van der Waals surface area contributed by atoms with Gasteiger partial charge >= 0.3 is 0 Å². The van der Waals surface area contributed by atoms with Crippen LogP contribution in [-0.2, 0) is 4.79 Å². The first-order valence-corrected chi connectivity index (χ1v) is 11.0. The van der Waals surface area contributed by atoms with Crippen molar-refractivity contribution in [1.82, 2.24) is 5.32 Å². The van der Waals surface area contributed by atoms with Gasteiger partial charge < -0.3 is 15.5 Å². The summed E-state index contributed by atoms with van der Waals surface area (Å²) >= 11 is 0. The van der Waals surface area contributed by atoms with Gasteiger partial charge in [-0.3, -0.25) is 4.79 Å². The van der Waals surface area contributed by atoms with E-state index in [1.54, 1.807) is 0 Å². The van der Waals surface area contributed by atoms with E-state index in [-0.39, 0.29) is 24.3 Å². The molecule has 1 fully saturated rings. The van der Waals surface area contributed by atoms with E-state index in [0.717, 1.165) is 12.8 Å². The number of aliphatic hydroxyl groups excluding tert-OH is 2. The molecule has 0 aromatic heterocycles. The molecule has 1 aliphatic rings. The van der Waals surface area contributed by atoms with Gasteiger partial charge in [0.2, 0.25) is 5.91 Å². The van der Waals surface area contributed by atoms with E-state index in [2.05, 4.69) is 18.3 Å². The van der Waals surface area contributed by atoms with Gasteiger partial charge in [0.1, 0.15) is 0 Å². The van der Waals surface area contributed by atoms with Crippen LogP contribution in [0.2, 0.25) is 0 Å². The lowest BCUT2D eigenvalue weighted by Crippen LogP contribution is -2.58. The molecule has 4 nitrogen and oxygen atoms in total. The van der Waals surface area contributed by atoms with Crippen LogP contribution in [0.4, 0.5) is 0 Å². The number of rotatable bonds is 14. The second-order valence-electron chi connectivity index (χ2n) is 7.82. The summed E-state index contributed by atoms with van der Waals surface area (Å²) in [4.78, 5) is 12.3. The highest BCUT2D eigenvalue weighted by molar-refractivity contribution is 5.81. The number of carbonyl (C=O) groups excluding carboxylic acids is 1. The lowest BCUT2D eigenvalue weighted by molar-refractivity contribution is -0.135. The van der Waals surface area contributed by atoms with Crippen molar-refractivity contribution < 1.29 is 15.0 Å². The molecular weight excluding hydrogens is 338 g/mol. The Morgan fingerprint density at radius 2 is 1.63 bits per heavy atom. The van der Waals surface area contributed by atoms with Crippen LogP contribution < -0.4 is 5.32 Å². The first kappa shape index (κ1) is 23.9. The van der Waals surface area contributed by atoms with Gasteiger partial charge in [-0.2, -0.15) is 0 Å². The Bertz CT molecular complexity index is 447. The number of nitrogens with one attached hydrogen (secondary N) is 1. The number of hydrogen-bond donors (Lipinski definition) is 3. The van der Waals surface area contributed by atoms with Gasteiger partial charge in [-0.05, 0) is 26.2 Å². The third-order valence-electron chi connectivity index (χ3n) is 5.59. The minimum Gasteiger partial charge on any atom is -0.394 e. The predicted molar refractivity (Wildman–Crippen MR) is 112 cm³/mol. The maximum atomic E-state index is 12.3. The molecule has 4 heteroatoms. The van der Waals surface area contributed by atoms with E-state index in [1.165, 1.54) is 51.4 Å². The van der Waals surface area contributed by atoms with Gasteiger partial charge in [-0.15, -0.1) is 0 Å². The van der Waals surface area contributed by atoms with Crippen LogP contribution in [0, 0.1) is 11.8 Å². The van der Waals surface area contributed by atoms with Gasteiger partial charge in [-0.1, -0.05) is 82.6 Å². The molecule has 0 saturated carbocycles. The second kappa shape index (κ2) is 14.9. The van der Waals surface area contributed by atoms with Crippen LogP contribution in [0.1, 0.15) is 84.5 Å². The van der Waals surface area contributed by atoms with Crippen LogP contribution in [0.5, 0.6) is 0 Å².